The van der Waals surface area contributed by atoms with Crippen LogP contribution in [0.25, 0.3) is 0 Å². The second-order valence-electron chi connectivity index (χ2n) is 7.98. The molecule has 0 saturated carbocycles. The second-order valence-corrected chi connectivity index (χ2v) is 7.98. The zero-order chi connectivity index (χ0) is 20.2. The lowest BCUT2D eigenvalue weighted by atomic mass is 9.97. The van der Waals surface area contributed by atoms with Gasteiger partial charge in [0.1, 0.15) is 6.54 Å². The van der Waals surface area contributed by atoms with Crippen molar-refractivity contribution in [2.24, 2.45) is 12.0 Å². The van der Waals surface area contributed by atoms with E-state index in [1.165, 1.54) is 11.3 Å². The normalized spacial score (nSPS) is 13.7. The van der Waals surface area contributed by atoms with Crippen molar-refractivity contribution in [3.05, 3.63) is 28.7 Å². The fraction of sp³-hybridized carbons (Fsp3) is 0.684. The third-order valence-electron chi connectivity index (χ3n) is 4.38. The van der Waals surface area contributed by atoms with Gasteiger partial charge in [-0.15, -0.1) is 0 Å². The first-order valence-electron chi connectivity index (χ1n) is 9.48. The summed E-state index contributed by atoms with van der Waals surface area (Å²) in [6.45, 7) is 15.6. The molecule has 0 aromatic carbocycles. The van der Waals surface area contributed by atoms with Crippen LogP contribution in [0.5, 0.6) is 0 Å². The summed E-state index contributed by atoms with van der Waals surface area (Å²) in [4.78, 5) is 9.03. The van der Waals surface area contributed by atoms with E-state index in [2.05, 4.69) is 51.6 Å². The molecule has 27 heavy (non-hydrogen) atoms. The first kappa shape index (κ1) is 20.9. The molecule has 150 valence electrons. The van der Waals surface area contributed by atoms with Gasteiger partial charge in [-0.3, -0.25) is 4.68 Å². The molecule has 0 aliphatic carbocycles. The lowest BCUT2D eigenvalue weighted by Crippen LogP contribution is -2.43. The molecule has 0 saturated heterocycles. The van der Waals surface area contributed by atoms with Crippen molar-refractivity contribution in [1.82, 2.24) is 30.6 Å². The number of guanidine groups is 1. The summed E-state index contributed by atoms with van der Waals surface area (Å²) in [5.41, 5.74) is 3.39. The minimum atomic E-state index is -0.161. The molecular formula is C19H33N7O. The van der Waals surface area contributed by atoms with Crippen LogP contribution in [-0.4, -0.2) is 38.5 Å². The van der Waals surface area contributed by atoms with Crippen molar-refractivity contribution in [3.8, 4) is 0 Å². The predicted molar refractivity (Wildman–Crippen MR) is 107 cm³/mol. The Morgan fingerprint density at radius 1 is 1.30 bits per heavy atom. The molecule has 2 heterocycles. The maximum atomic E-state index is 5.33. The van der Waals surface area contributed by atoms with Crippen LogP contribution in [0, 0.1) is 13.8 Å². The Kier molecular flexibility index (Phi) is 6.62. The molecule has 2 rings (SSSR count). The van der Waals surface area contributed by atoms with Crippen molar-refractivity contribution in [2.75, 3.05) is 6.54 Å². The van der Waals surface area contributed by atoms with E-state index >= 15 is 0 Å². The van der Waals surface area contributed by atoms with E-state index in [0.29, 0.717) is 18.3 Å². The Morgan fingerprint density at radius 3 is 2.52 bits per heavy atom. The van der Waals surface area contributed by atoms with E-state index in [4.69, 9.17) is 4.52 Å². The Hall–Kier alpha value is -2.38. The lowest BCUT2D eigenvalue weighted by molar-refractivity contribution is 0.318. The summed E-state index contributed by atoms with van der Waals surface area (Å²) >= 11 is 0. The Balaban J connectivity index is 2.03. The second kappa shape index (κ2) is 8.54. The van der Waals surface area contributed by atoms with Gasteiger partial charge in [-0.2, -0.15) is 10.1 Å². The average molecular weight is 376 g/mol. The Labute approximate surface area is 161 Å². The highest BCUT2D eigenvalue weighted by Crippen LogP contribution is 2.19. The number of rotatable bonds is 6. The van der Waals surface area contributed by atoms with E-state index in [1.807, 2.05) is 39.4 Å². The largest absolute Gasteiger partial charge is 0.357 e. The summed E-state index contributed by atoms with van der Waals surface area (Å²) in [6.07, 6.45) is 0.881. The van der Waals surface area contributed by atoms with Crippen LogP contribution < -0.4 is 10.6 Å². The average Bonchev–Trinajstić information content (AvgIpc) is 3.14. The third-order valence-corrected chi connectivity index (χ3v) is 4.38. The minimum Gasteiger partial charge on any atom is -0.357 e. The van der Waals surface area contributed by atoms with Crippen LogP contribution in [0.15, 0.2) is 9.52 Å². The van der Waals surface area contributed by atoms with Gasteiger partial charge in [0.05, 0.1) is 5.69 Å². The number of aryl methyl sites for hydroxylation is 2. The molecule has 8 nitrogen and oxygen atoms in total. The molecule has 2 N–H and O–H groups in total. The summed E-state index contributed by atoms with van der Waals surface area (Å²) in [6, 6.07) is 0.208. The van der Waals surface area contributed by atoms with Crippen molar-refractivity contribution in [3.63, 3.8) is 0 Å². The molecule has 1 atom stereocenters. The molecule has 0 fully saturated rings. The van der Waals surface area contributed by atoms with Crippen molar-refractivity contribution >= 4 is 5.96 Å². The number of nitrogens with one attached hydrogen (secondary N) is 2. The van der Waals surface area contributed by atoms with Crippen LogP contribution in [0.2, 0.25) is 0 Å². The van der Waals surface area contributed by atoms with Gasteiger partial charge in [-0.25, -0.2) is 4.99 Å². The van der Waals surface area contributed by atoms with E-state index in [9.17, 15) is 0 Å². The van der Waals surface area contributed by atoms with Crippen LogP contribution in [0.3, 0.4) is 0 Å². The number of hydrogen-bond acceptors (Lipinski definition) is 5. The Bertz CT molecular complexity index is 783. The van der Waals surface area contributed by atoms with E-state index in [-0.39, 0.29) is 11.5 Å². The predicted octanol–water partition coefficient (Wildman–Crippen LogP) is 2.40. The molecule has 0 radical (unpaired) electrons. The highest BCUT2D eigenvalue weighted by Gasteiger charge is 2.21. The number of hydrogen-bond donors (Lipinski definition) is 2. The maximum Gasteiger partial charge on any atom is 0.232 e. The molecule has 2 aromatic rings. The molecular weight excluding hydrogens is 342 g/mol. The molecule has 0 bridgehead atoms. The minimum absolute atomic E-state index is 0.161. The van der Waals surface area contributed by atoms with Gasteiger partial charge in [0.15, 0.2) is 11.8 Å². The fourth-order valence-electron chi connectivity index (χ4n) is 2.80. The SMILES string of the molecule is CCNC(=NCc1noc(C(C)(C)C)n1)NC(C)Cc1c(C)nn(C)c1C. The van der Waals surface area contributed by atoms with Crippen LogP contribution >= 0.6 is 0 Å². The van der Waals surface area contributed by atoms with Crippen molar-refractivity contribution in [1.29, 1.82) is 0 Å². The topological polar surface area (TPSA) is 93.2 Å². The quantitative estimate of drug-likeness (QED) is 0.595. The maximum absolute atomic E-state index is 5.33. The van der Waals surface area contributed by atoms with Gasteiger partial charge in [0.2, 0.25) is 5.89 Å². The van der Waals surface area contributed by atoms with Crippen LogP contribution in [0.4, 0.5) is 0 Å². The van der Waals surface area contributed by atoms with Crippen LogP contribution in [-0.2, 0) is 25.4 Å². The van der Waals surface area contributed by atoms with E-state index in [0.717, 1.165) is 24.6 Å². The summed E-state index contributed by atoms with van der Waals surface area (Å²) in [5.74, 6) is 1.96. The van der Waals surface area contributed by atoms with Crippen molar-refractivity contribution < 1.29 is 4.52 Å². The molecule has 0 spiro atoms. The van der Waals surface area contributed by atoms with Crippen molar-refractivity contribution in [2.45, 2.75) is 72.9 Å². The smallest absolute Gasteiger partial charge is 0.232 e. The van der Waals surface area contributed by atoms with E-state index in [1.54, 1.807) is 0 Å². The summed E-state index contributed by atoms with van der Waals surface area (Å²) in [5, 5.41) is 15.2. The van der Waals surface area contributed by atoms with Gasteiger partial charge in [0, 0.05) is 30.7 Å². The molecule has 0 aliphatic heterocycles. The number of aromatic nitrogens is 4. The van der Waals surface area contributed by atoms with E-state index < -0.39 is 0 Å². The van der Waals surface area contributed by atoms with Gasteiger partial charge >= 0.3 is 0 Å². The molecule has 2 aromatic heterocycles. The fourth-order valence-corrected chi connectivity index (χ4v) is 2.80. The molecule has 1 unspecified atom stereocenters. The molecule has 0 aliphatic rings. The zero-order valence-corrected chi connectivity index (χ0v) is 17.8. The lowest BCUT2D eigenvalue weighted by Gasteiger charge is -2.18. The molecule has 0 amide bonds. The van der Waals surface area contributed by atoms with Gasteiger partial charge in [-0.05, 0) is 39.7 Å². The number of nitrogens with zero attached hydrogens (tertiary/aromatic N) is 5. The summed E-state index contributed by atoms with van der Waals surface area (Å²) in [7, 11) is 1.98. The van der Waals surface area contributed by atoms with Gasteiger partial charge in [0.25, 0.3) is 0 Å². The molecule has 8 heteroatoms. The highest BCUT2D eigenvalue weighted by atomic mass is 16.5. The van der Waals surface area contributed by atoms with Gasteiger partial charge < -0.3 is 15.2 Å². The third kappa shape index (κ3) is 5.55. The van der Waals surface area contributed by atoms with Gasteiger partial charge in [-0.1, -0.05) is 25.9 Å². The highest BCUT2D eigenvalue weighted by molar-refractivity contribution is 5.80. The summed E-state index contributed by atoms with van der Waals surface area (Å²) < 4.78 is 7.26. The standard InChI is InChI=1S/C19H33N7O/c1-9-20-18(21-11-16-23-17(27-25-16)19(5,6)7)22-12(2)10-15-13(3)24-26(8)14(15)4/h12H,9-11H2,1-8H3,(H2,20,21,22). The monoisotopic (exact) mass is 375 g/mol. The van der Waals surface area contributed by atoms with Crippen LogP contribution in [0.1, 0.15) is 63.3 Å². The number of aliphatic imine (C=N–C) groups is 1. The first-order valence-corrected chi connectivity index (χ1v) is 9.48. The zero-order valence-electron chi connectivity index (χ0n) is 17.8. The first-order chi connectivity index (χ1) is 12.6. The Morgan fingerprint density at radius 2 is 2.00 bits per heavy atom.